The first-order valence-electron chi connectivity index (χ1n) is 12.3. The normalized spacial score (nSPS) is 15.8. The number of rotatable bonds is 10. The molecule has 0 bridgehead atoms. The van der Waals surface area contributed by atoms with Crippen molar-refractivity contribution in [2.24, 2.45) is 0 Å². The number of aromatic carboxylic acids is 1. The second-order valence-electron chi connectivity index (χ2n) is 9.28. The lowest BCUT2D eigenvalue weighted by atomic mass is 9.94. The predicted molar refractivity (Wildman–Crippen MR) is 139 cm³/mol. The lowest BCUT2D eigenvalue weighted by Gasteiger charge is -2.25. The lowest BCUT2D eigenvalue weighted by Crippen LogP contribution is -2.41. The highest BCUT2D eigenvalue weighted by Crippen LogP contribution is 2.30. The quantitative estimate of drug-likeness (QED) is 0.225. The summed E-state index contributed by atoms with van der Waals surface area (Å²) in [5.74, 6) is -0.184. The van der Waals surface area contributed by atoms with Crippen LogP contribution in [0, 0.1) is 0 Å². The second kappa shape index (κ2) is 11.4. The van der Waals surface area contributed by atoms with Crippen molar-refractivity contribution < 1.29 is 19.7 Å². The monoisotopic (exact) mass is 474 g/mol. The van der Waals surface area contributed by atoms with Gasteiger partial charge in [-0.05, 0) is 60.7 Å². The molecule has 3 aromatic rings. The molecule has 4 N–H and O–H groups in total. The fourth-order valence-corrected chi connectivity index (χ4v) is 4.57. The van der Waals surface area contributed by atoms with E-state index in [4.69, 9.17) is 4.74 Å². The second-order valence-corrected chi connectivity index (χ2v) is 9.28. The summed E-state index contributed by atoms with van der Waals surface area (Å²) in [6.45, 7) is 2.62. The first-order valence-corrected chi connectivity index (χ1v) is 12.3. The molecule has 4 rings (SSSR count). The largest absolute Gasteiger partial charge is 0.492 e. The first-order chi connectivity index (χ1) is 16.9. The molecule has 1 aliphatic rings. The first kappa shape index (κ1) is 24.8. The molecule has 0 unspecified atom stereocenters. The fourth-order valence-electron chi connectivity index (χ4n) is 4.57. The zero-order chi connectivity index (χ0) is 24.7. The molecular formula is C29H34N2O4. The molecular weight excluding hydrogens is 440 g/mol. The number of aliphatic hydroxyl groups is 1. The number of ether oxygens (including phenoxy) is 1. The molecule has 1 fully saturated rings. The molecule has 6 nitrogen and oxygen atoms in total. The molecule has 1 atom stereocenters. The van der Waals surface area contributed by atoms with Crippen LogP contribution in [0.25, 0.3) is 11.1 Å². The molecule has 0 aromatic heterocycles. The van der Waals surface area contributed by atoms with E-state index in [2.05, 4.69) is 10.6 Å². The smallest absolute Gasteiger partial charge is 0.337 e. The van der Waals surface area contributed by atoms with Crippen LogP contribution in [-0.4, -0.2) is 35.4 Å². The number of carbonyl (C=O) groups is 1. The van der Waals surface area contributed by atoms with Crippen molar-refractivity contribution in [2.75, 3.05) is 18.5 Å². The molecule has 0 saturated heterocycles. The number of nitrogens with one attached hydrogen (secondary N) is 2. The minimum absolute atomic E-state index is 0.304. The summed E-state index contributed by atoms with van der Waals surface area (Å²) in [7, 11) is 0. The van der Waals surface area contributed by atoms with Crippen LogP contribution in [0.4, 0.5) is 5.69 Å². The van der Waals surface area contributed by atoms with Crippen LogP contribution in [0.2, 0.25) is 0 Å². The van der Waals surface area contributed by atoms with Gasteiger partial charge in [-0.15, -0.1) is 0 Å². The Kier molecular flexibility index (Phi) is 8.06. The average Bonchev–Trinajstić information content (AvgIpc) is 2.88. The van der Waals surface area contributed by atoms with Gasteiger partial charge in [0.05, 0.1) is 5.56 Å². The highest BCUT2D eigenvalue weighted by atomic mass is 16.5. The number of carboxylic acid groups (broad SMARTS) is 1. The van der Waals surface area contributed by atoms with Gasteiger partial charge in [0.25, 0.3) is 0 Å². The van der Waals surface area contributed by atoms with Crippen molar-refractivity contribution in [2.45, 2.75) is 50.8 Å². The Morgan fingerprint density at radius 2 is 1.66 bits per heavy atom. The lowest BCUT2D eigenvalue weighted by molar-refractivity contribution is 0.0169. The summed E-state index contributed by atoms with van der Waals surface area (Å²) in [4.78, 5) is 11.7. The Morgan fingerprint density at radius 1 is 0.971 bits per heavy atom. The van der Waals surface area contributed by atoms with Gasteiger partial charge in [0.1, 0.15) is 18.1 Å². The van der Waals surface area contributed by atoms with Crippen molar-refractivity contribution in [3.63, 3.8) is 0 Å². The van der Waals surface area contributed by atoms with Crippen LogP contribution in [0.5, 0.6) is 5.75 Å². The van der Waals surface area contributed by atoms with Crippen LogP contribution in [-0.2, 0) is 5.72 Å². The van der Waals surface area contributed by atoms with Crippen molar-refractivity contribution in [3.8, 4) is 16.9 Å². The predicted octanol–water partition coefficient (Wildman–Crippen LogP) is 5.63. The highest BCUT2D eigenvalue weighted by Gasteiger charge is 2.21. The van der Waals surface area contributed by atoms with Gasteiger partial charge in [-0.1, -0.05) is 67.8 Å². The van der Waals surface area contributed by atoms with Gasteiger partial charge in [-0.25, -0.2) is 4.79 Å². The van der Waals surface area contributed by atoms with E-state index in [1.807, 2.05) is 66.7 Å². The Labute approximate surface area is 207 Å². The molecule has 0 radical (unpaired) electrons. The molecule has 184 valence electrons. The van der Waals surface area contributed by atoms with E-state index < -0.39 is 11.7 Å². The van der Waals surface area contributed by atoms with Gasteiger partial charge in [0.15, 0.2) is 0 Å². The Morgan fingerprint density at radius 3 is 2.34 bits per heavy atom. The third-order valence-corrected chi connectivity index (χ3v) is 6.58. The summed E-state index contributed by atoms with van der Waals surface area (Å²) in [6.07, 6.45) is 5.76. The maximum absolute atomic E-state index is 11.7. The van der Waals surface area contributed by atoms with Crippen LogP contribution < -0.4 is 15.4 Å². The Hall–Kier alpha value is -3.35. The molecule has 0 amide bonds. The van der Waals surface area contributed by atoms with Crippen molar-refractivity contribution in [3.05, 3.63) is 83.9 Å². The van der Waals surface area contributed by atoms with Crippen LogP contribution in [0.1, 0.15) is 54.9 Å². The molecule has 0 aliphatic heterocycles. The van der Waals surface area contributed by atoms with Gasteiger partial charge in [0.2, 0.25) is 0 Å². The molecule has 1 aliphatic carbocycles. The minimum atomic E-state index is -1.13. The number of hydrogen-bond donors (Lipinski definition) is 4. The van der Waals surface area contributed by atoms with Crippen molar-refractivity contribution >= 4 is 11.7 Å². The number of anilines is 1. The van der Waals surface area contributed by atoms with Crippen LogP contribution >= 0.6 is 0 Å². The van der Waals surface area contributed by atoms with E-state index in [0.29, 0.717) is 30.4 Å². The van der Waals surface area contributed by atoms with Gasteiger partial charge in [-0.3, -0.25) is 5.32 Å². The van der Waals surface area contributed by atoms with Crippen molar-refractivity contribution in [1.29, 1.82) is 0 Å². The molecule has 3 aromatic carbocycles. The fraction of sp³-hybridized carbons (Fsp3) is 0.345. The number of carboxylic acids is 1. The zero-order valence-electron chi connectivity index (χ0n) is 20.2. The molecule has 0 spiro atoms. The summed E-state index contributed by atoms with van der Waals surface area (Å²) >= 11 is 0. The molecule has 6 heteroatoms. The van der Waals surface area contributed by atoms with Crippen molar-refractivity contribution in [1.82, 2.24) is 5.32 Å². The summed E-state index contributed by atoms with van der Waals surface area (Å²) in [6, 6.07) is 23.0. The van der Waals surface area contributed by atoms with Crippen LogP contribution in [0.3, 0.4) is 0 Å². The van der Waals surface area contributed by atoms with E-state index in [1.54, 1.807) is 13.0 Å². The topological polar surface area (TPSA) is 90.8 Å². The average molecular weight is 475 g/mol. The molecule has 0 heterocycles. The maximum atomic E-state index is 11.7. The SMILES string of the molecule is C[C@@](O)(NCCOc1ccc(-c2ccc(C(=O)O)c(NC3CCCCC3)c2)cc1)c1ccccc1. The standard InChI is InChI=1S/C29H34N2O4/c1-29(34,23-8-4-2-5-9-23)30-18-19-35-25-15-12-21(13-16-25)22-14-17-26(28(32)33)27(20-22)31-24-10-6-3-7-11-24/h2,4-5,8-9,12-17,20,24,30-31,34H,3,6-7,10-11,18-19H2,1H3,(H,32,33)/t29-/m0/s1. The zero-order valence-corrected chi connectivity index (χ0v) is 20.2. The minimum Gasteiger partial charge on any atom is -0.492 e. The third-order valence-electron chi connectivity index (χ3n) is 6.58. The molecule has 1 saturated carbocycles. The molecule has 35 heavy (non-hydrogen) atoms. The van der Waals surface area contributed by atoms with Gasteiger partial charge in [0, 0.05) is 18.3 Å². The van der Waals surface area contributed by atoms with E-state index in [1.165, 1.54) is 19.3 Å². The number of benzene rings is 3. The Balaban J connectivity index is 1.36. The van der Waals surface area contributed by atoms with E-state index in [9.17, 15) is 15.0 Å². The maximum Gasteiger partial charge on any atom is 0.337 e. The van der Waals surface area contributed by atoms with E-state index in [0.717, 1.165) is 35.3 Å². The van der Waals surface area contributed by atoms with Crippen LogP contribution in [0.15, 0.2) is 72.8 Å². The van der Waals surface area contributed by atoms with Gasteiger partial charge < -0.3 is 20.3 Å². The Bertz CT molecular complexity index is 1110. The highest BCUT2D eigenvalue weighted by molar-refractivity contribution is 5.95. The summed E-state index contributed by atoms with van der Waals surface area (Å²) in [5.41, 5.74) is 2.61. The van der Waals surface area contributed by atoms with Gasteiger partial charge in [-0.2, -0.15) is 0 Å². The van der Waals surface area contributed by atoms with Gasteiger partial charge >= 0.3 is 5.97 Å². The van der Waals surface area contributed by atoms with E-state index in [-0.39, 0.29) is 0 Å². The summed E-state index contributed by atoms with van der Waals surface area (Å²) in [5, 5.41) is 26.8. The number of hydrogen-bond acceptors (Lipinski definition) is 5. The summed E-state index contributed by atoms with van der Waals surface area (Å²) < 4.78 is 5.84. The third kappa shape index (κ3) is 6.62. The van der Waals surface area contributed by atoms with E-state index >= 15 is 0 Å².